The number of hydrogen-bond donors (Lipinski definition) is 0. The van der Waals surface area contributed by atoms with Crippen molar-refractivity contribution in [1.82, 2.24) is 4.57 Å². The van der Waals surface area contributed by atoms with Crippen LogP contribution in [-0.2, 0) is 0 Å². The standard InChI is InChI=1S/C16H14ClNO2S2/c1-9-6-11-12(4-5-13(20-2)15(11)17)18(9)16(19)10-7-14(21-3)22-8-10/h4-8H,1-3H3. The molecule has 0 aliphatic carbocycles. The molecule has 0 bridgehead atoms. The van der Waals surface area contributed by atoms with E-state index in [9.17, 15) is 4.79 Å². The fraction of sp³-hybridized carbons (Fsp3) is 0.188. The van der Waals surface area contributed by atoms with Crippen LogP contribution in [0.5, 0.6) is 5.75 Å². The summed E-state index contributed by atoms with van der Waals surface area (Å²) in [5.41, 5.74) is 2.35. The van der Waals surface area contributed by atoms with Gasteiger partial charge in [0.25, 0.3) is 5.91 Å². The first-order valence-corrected chi connectivity index (χ1v) is 9.06. The summed E-state index contributed by atoms with van der Waals surface area (Å²) in [4.78, 5) is 12.8. The van der Waals surface area contributed by atoms with Crippen LogP contribution in [-0.4, -0.2) is 23.8 Å². The number of thiophene rings is 1. The van der Waals surface area contributed by atoms with E-state index in [-0.39, 0.29) is 5.91 Å². The van der Waals surface area contributed by atoms with Gasteiger partial charge in [0.2, 0.25) is 0 Å². The Morgan fingerprint density at radius 2 is 2.14 bits per heavy atom. The van der Waals surface area contributed by atoms with Crippen LogP contribution in [0.2, 0.25) is 5.02 Å². The number of nitrogens with zero attached hydrogens (tertiary/aromatic N) is 1. The molecular formula is C16H14ClNO2S2. The average molecular weight is 352 g/mol. The molecule has 0 radical (unpaired) electrons. The highest BCUT2D eigenvalue weighted by Gasteiger charge is 2.18. The summed E-state index contributed by atoms with van der Waals surface area (Å²) >= 11 is 9.57. The van der Waals surface area contributed by atoms with Gasteiger partial charge in [-0.1, -0.05) is 11.6 Å². The molecule has 22 heavy (non-hydrogen) atoms. The van der Waals surface area contributed by atoms with Gasteiger partial charge in [-0.15, -0.1) is 23.1 Å². The molecule has 3 nitrogen and oxygen atoms in total. The molecule has 6 heteroatoms. The highest BCUT2D eigenvalue weighted by Crippen LogP contribution is 2.35. The number of benzene rings is 1. The largest absolute Gasteiger partial charge is 0.495 e. The number of halogens is 1. The molecule has 0 aliphatic heterocycles. The predicted octanol–water partition coefficient (Wildman–Crippen LogP) is 5.08. The van der Waals surface area contributed by atoms with Crippen LogP contribution in [0.4, 0.5) is 0 Å². The number of aryl methyl sites for hydroxylation is 1. The third-order valence-electron chi connectivity index (χ3n) is 3.51. The van der Waals surface area contributed by atoms with Gasteiger partial charge in [0, 0.05) is 16.5 Å². The van der Waals surface area contributed by atoms with E-state index in [1.165, 1.54) is 0 Å². The topological polar surface area (TPSA) is 31.2 Å². The van der Waals surface area contributed by atoms with Crippen LogP contribution in [0.3, 0.4) is 0 Å². The van der Waals surface area contributed by atoms with E-state index in [1.54, 1.807) is 40.8 Å². The number of hydrogen-bond acceptors (Lipinski definition) is 4. The Bertz CT molecular complexity index is 867. The maximum atomic E-state index is 12.8. The van der Waals surface area contributed by atoms with Gasteiger partial charge >= 0.3 is 0 Å². The average Bonchev–Trinajstić information content (AvgIpc) is 3.11. The monoisotopic (exact) mass is 351 g/mol. The fourth-order valence-electron chi connectivity index (χ4n) is 2.45. The fourth-order valence-corrected chi connectivity index (χ4v) is 4.12. The third-order valence-corrected chi connectivity index (χ3v) is 5.94. The highest BCUT2D eigenvalue weighted by molar-refractivity contribution is 8.00. The Morgan fingerprint density at radius 1 is 1.36 bits per heavy atom. The number of thioether (sulfide) groups is 1. The van der Waals surface area contributed by atoms with Crippen LogP contribution >= 0.6 is 34.7 Å². The summed E-state index contributed by atoms with van der Waals surface area (Å²) in [5, 5.41) is 3.25. The number of carbonyl (C=O) groups is 1. The SMILES string of the molecule is COc1ccc2c(cc(C)n2C(=O)c2csc(SC)c2)c1Cl. The maximum absolute atomic E-state index is 12.8. The number of rotatable bonds is 3. The first kappa shape index (κ1) is 15.5. The van der Waals surface area contributed by atoms with Crippen molar-refractivity contribution in [3.8, 4) is 5.75 Å². The summed E-state index contributed by atoms with van der Waals surface area (Å²) in [6, 6.07) is 7.50. The summed E-state index contributed by atoms with van der Waals surface area (Å²) in [5.74, 6) is 0.573. The lowest BCUT2D eigenvalue weighted by Gasteiger charge is -2.07. The van der Waals surface area contributed by atoms with Gasteiger partial charge in [-0.2, -0.15) is 0 Å². The van der Waals surface area contributed by atoms with E-state index >= 15 is 0 Å². The van der Waals surface area contributed by atoms with Crippen LogP contribution in [0.15, 0.2) is 33.9 Å². The Morgan fingerprint density at radius 3 is 2.77 bits per heavy atom. The molecular weight excluding hydrogens is 338 g/mol. The summed E-state index contributed by atoms with van der Waals surface area (Å²) in [6.45, 7) is 1.91. The molecule has 0 saturated heterocycles. The van der Waals surface area contributed by atoms with E-state index in [2.05, 4.69) is 0 Å². The second-order valence-electron chi connectivity index (χ2n) is 4.80. The zero-order valence-corrected chi connectivity index (χ0v) is 14.7. The number of carbonyl (C=O) groups excluding carboxylic acids is 1. The summed E-state index contributed by atoms with van der Waals surface area (Å²) in [7, 11) is 1.58. The lowest BCUT2D eigenvalue weighted by Crippen LogP contribution is -2.12. The third kappa shape index (κ3) is 2.43. The van der Waals surface area contributed by atoms with Crippen LogP contribution in [0.25, 0.3) is 10.9 Å². The molecule has 3 rings (SSSR count). The molecule has 0 N–H and O–H groups in total. The normalized spacial score (nSPS) is 11.1. The molecule has 2 aromatic heterocycles. The van der Waals surface area contributed by atoms with Crippen LogP contribution in [0.1, 0.15) is 16.1 Å². The van der Waals surface area contributed by atoms with E-state index in [0.717, 1.165) is 20.8 Å². The molecule has 3 aromatic rings. The molecule has 0 saturated carbocycles. The van der Waals surface area contributed by atoms with Gasteiger partial charge in [0.15, 0.2) is 0 Å². The number of ether oxygens (including phenoxy) is 1. The van der Waals surface area contributed by atoms with E-state index < -0.39 is 0 Å². The minimum Gasteiger partial charge on any atom is -0.495 e. The van der Waals surface area contributed by atoms with Crippen molar-refractivity contribution < 1.29 is 9.53 Å². The minimum absolute atomic E-state index is 0.0368. The minimum atomic E-state index is -0.0368. The molecule has 0 spiro atoms. The van der Waals surface area contributed by atoms with Crippen molar-refractivity contribution in [2.24, 2.45) is 0 Å². The van der Waals surface area contributed by atoms with Gasteiger partial charge in [0.1, 0.15) is 5.75 Å². The number of methoxy groups -OCH3 is 1. The Labute approximate surface area is 141 Å². The highest BCUT2D eigenvalue weighted by atomic mass is 35.5. The van der Waals surface area contributed by atoms with Gasteiger partial charge < -0.3 is 4.74 Å². The predicted molar refractivity (Wildman–Crippen MR) is 94.1 cm³/mol. The Balaban J connectivity index is 2.16. The second kappa shape index (κ2) is 5.99. The Hall–Kier alpha value is -1.43. The van der Waals surface area contributed by atoms with Crippen molar-refractivity contribution in [2.75, 3.05) is 13.4 Å². The summed E-state index contributed by atoms with van der Waals surface area (Å²) in [6.07, 6.45) is 2.00. The quantitative estimate of drug-likeness (QED) is 0.616. The van der Waals surface area contributed by atoms with Crippen molar-refractivity contribution in [1.29, 1.82) is 0 Å². The summed E-state index contributed by atoms with van der Waals surface area (Å²) < 4.78 is 8.06. The van der Waals surface area contributed by atoms with Crippen LogP contribution in [0, 0.1) is 6.92 Å². The lowest BCUT2D eigenvalue weighted by atomic mass is 10.2. The van der Waals surface area contributed by atoms with Crippen molar-refractivity contribution >= 4 is 51.5 Å². The maximum Gasteiger partial charge on any atom is 0.263 e. The van der Waals surface area contributed by atoms with Crippen molar-refractivity contribution in [3.05, 3.63) is 45.9 Å². The first-order valence-electron chi connectivity index (χ1n) is 6.58. The second-order valence-corrected chi connectivity index (χ2v) is 7.20. The number of aromatic nitrogens is 1. The van der Waals surface area contributed by atoms with Crippen molar-refractivity contribution in [3.63, 3.8) is 0 Å². The van der Waals surface area contributed by atoms with Gasteiger partial charge in [0.05, 0.1) is 27.4 Å². The zero-order chi connectivity index (χ0) is 15.9. The lowest BCUT2D eigenvalue weighted by molar-refractivity contribution is 0.0963. The molecule has 0 amide bonds. The molecule has 2 heterocycles. The molecule has 0 atom stereocenters. The first-order chi connectivity index (χ1) is 10.6. The molecule has 0 unspecified atom stereocenters. The van der Waals surface area contributed by atoms with Crippen LogP contribution < -0.4 is 4.74 Å². The van der Waals surface area contributed by atoms with E-state index in [4.69, 9.17) is 16.3 Å². The molecule has 0 fully saturated rings. The van der Waals surface area contributed by atoms with E-state index in [0.29, 0.717) is 16.3 Å². The molecule has 114 valence electrons. The zero-order valence-electron chi connectivity index (χ0n) is 12.3. The number of fused-ring (bicyclic) bond motifs is 1. The van der Waals surface area contributed by atoms with E-state index in [1.807, 2.05) is 36.8 Å². The van der Waals surface area contributed by atoms with Gasteiger partial charge in [-0.3, -0.25) is 9.36 Å². The van der Waals surface area contributed by atoms with Crippen molar-refractivity contribution in [2.45, 2.75) is 11.1 Å². The Kier molecular flexibility index (Phi) is 4.21. The van der Waals surface area contributed by atoms with Gasteiger partial charge in [-0.05, 0) is 37.4 Å². The molecule has 1 aromatic carbocycles. The smallest absolute Gasteiger partial charge is 0.263 e. The van der Waals surface area contributed by atoms with Gasteiger partial charge in [-0.25, -0.2) is 0 Å². The molecule has 0 aliphatic rings.